The average Bonchev–Trinajstić information content (AvgIpc) is 2.99. The number of hydrogen-bond acceptors (Lipinski definition) is 5. The van der Waals surface area contributed by atoms with Gasteiger partial charge in [-0.3, -0.25) is 14.4 Å². The van der Waals surface area contributed by atoms with Crippen molar-refractivity contribution in [3.8, 4) is 0 Å². The minimum atomic E-state index is -0.429. The molecule has 98 valence electrons. The number of rotatable bonds is 3. The molecule has 2 heterocycles. The Labute approximate surface area is 108 Å². The molecule has 2 aromatic rings. The zero-order valence-electron chi connectivity index (χ0n) is 10.5. The van der Waals surface area contributed by atoms with Crippen molar-refractivity contribution in [3.63, 3.8) is 0 Å². The van der Waals surface area contributed by atoms with Gasteiger partial charge in [0.25, 0.3) is 0 Å². The minimum Gasteiger partial charge on any atom is -0.408 e. The first-order chi connectivity index (χ1) is 9.15. The highest BCUT2D eigenvalue weighted by Crippen LogP contribution is 2.15. The van der Waals surface area contributed by atoms with E-state index >= 15 is 0 Å². The maximum Gasteiger partial charge on any atom is 0.419 e. The number of hydrogen-bond donors (Lipinski definition) is 1. The smallest absolute Gasteiger partial charge is 0.408 e. The van der Waals surface area contributed by atoms with E-state index in [-0.39, 0.29) is 12.2 Å². The maximum atomic E-state index is 12.1. The topological polar surface area (TPSA) is 76.6 Å². The van der Waals surface area contributed by atoms with Gasteiger partial charge in [0, 0.05) is 19.2 Å². The summed E-state index contributed by atoms with van der Waals surface area (Å²) in [5.74, 6) is 0.252. The summed E-state index contributed by atoms with van der Waals surface area (Å²) in [6.07, 6.45) is 0.253. The summed E-state index contributed by atoms with van der Waals surface area (Å²) in [5, 5.41) is 3.06. The molecule has 1 aliphatic rings. The summed E-state index contributed by atoms with van der Waals surface area (Å²) in [7, 11) is 1.63. The molecular formula is C13H13N3O3. The summed E-state index contributed by atoms with van der Waals surface area (Å²) in [5.41, 5.74) is 1.64. The van der Waals surface area contributed by atoms with Gasteiger partial charge in [-0.05, 0) is 18.2 Å². The Morgan fingerprint density at radius 2 is 2.37 bits per heavy atom. The maximum absolute atomic E-state index is 12.1. The lowest BCUT2D eigenvalue weighted by molar-refractivity contribution is 0.1000. The fourth-order valence-electron chi connectivity index (χ4n) is 2.13. The van der Waals surface area contributed by atoms with Gasteiger partial charge in [0.2, 0.25) is 0 Å². The third-order valence-corrected chi connectivity index (χ3v) is 3.19. The largest absolute Gasteiger partial charge is 0.419 e. The van der Waals surface area contributed by atoms with Crippen molar-refractivity contribution in [1.82, 2.24) is 9.88 Å². The van der Waals surface area contributed by atoms with Gasteiger partial charge in [-0.1, -0.05) is 0 Å². The van der Waals surface area contributed by atoms with Gasteiger partial charge < -0.3 is 9.73 Å². The van der Waals surface area contributed by atoms with Crippen LogP contribution in [0, 0.1) is 0 Å². The second kappa shape index (κ2) is 4.38. The number of Topliss-reactive ketones (excluding diaryl/α,β-unsaturated/α-hetero) is 1. The lowest BCUT2D eigenvalue weighted by atomic mass is 10.1. The van der Waals surface area contributed by atoms with Crippen LogP contribution in [0.1, 0.15) is 16.8 Å². The molecule has 0 fully saturated rings. The van der Waals surface area contributed by atoms with E-state index in [1.54, 1.807) is 25.2 Å². The molecule has 0 spiro atoms. The number of aliphatic imine (C=N–C) groups is 1. The first-order valence-electron chi connectivity index (χ1n) is 6.05. The Hall–Kier alpha value is -2.37. The van der Waals surface area contributed by atoms with Crippen molar-refractivity contribution in [2.45, 2.75) is 6.42 Å². The number of benzene rings is 1. The molecule has 0 amide bonds. The molecule has 0 atom stereocenters. The van der Waals surface area contributed by atoms with Gasteiger partial charge in [-0.2, -0.15) is 0 Å². The Bertz CT molecular complexity index is 739. The molecule has 0 saturated carbocycles. The summed E-state index contributed by atoms with van der Waals surface area (Å²) in [4.78, 5) is 27.7. The van der Waals surface area contributed by atoms with E-state index in [0.717, 1.165) is 18.9 Å². The molecule has 1 aliphatic heterocycles. The number of aryl methyl sites for hydroxylation is 1. The van der Waals surface area contributed by atoms with Crippen LogP contribution < -0.4 is 11.1 Å². The SMILES string of the molecule is Cn1c(=O)oc2cc(C(=O)CC3=NCCN3)ccc21. The van der Waals surface area contributed by atoms with Gasteiger partial charge in [0.1, 0.15) is 5.84 Å². The average molecular weight is 259 g/mol. The first-order valence-corrected chi connectivity index (χ1v) is 6.05. The number of aromatic nitrogens is 1. The lowest BCUT2D eigenvalue weighted by Crippen LogP contribution is -2.21. The molecular weight excluding hydrogens is 246 g/mol. The number of nitrogens with one attached hydrogen (secondary N) is 1. The third-order valence-electron chi connectivity index (χ3n) is 3.19. The van der Waals surface area contributed by atoms with Gasteiger partial charge in [0.05, 0.1) is 18.5 Å². The molecule has 0 saturated heterocycles. The van der Waals surface area contributed by atoms with E-state index < -0.39 is 5.76 Å². The monoisotopic (exact) mass is 259 g/mol. The lowest BCUT2D eigenvalue weighted by Gasteiger charge is -2.02. The molecule has 19 heavy (non-hydrogen) atoms. The van der Waals surface area contributed by atoms with Gasteiger partial charge in [0.15, 0.2) is 11.4 Å². The van der Waals surface area contributed by atoms with E-state index in [0.29, 0.717) is 16.7 Å². The zero-order chi connectivity index (χ0) is 13.4. The molecule has 0 radical (unpaired) electrons. The molecule has 3 rings (SSSR count). The van der Waals surface area contributed by atoms with E-state index in [4.69, 9.17) is 4.42 Å². The Morgan fingerprint density at radius 3 is 3.11 bits per heavy atom. The molecule has 1 N–H and O–H groups in total. The highest BCUT2D eigenvalue weighted by Gasteiger charge is 2.14. The molecule has 6 nitrogen and oxygen atoms in total. The Balaban J connectivity index is 1.92. The van der Waals surface area contributed by atoms with E-state index in [9.17, 15) is 9.59 Å². The summed E-state index contributed by atoms with van der Waals surface area (Å²) in [6.45, 7) is 1.50. The normalized spacial score (nSPS) is 14.5. The predicted octanol–water partition coefficient (Wildman–Crippen LogP) is 0.706. The van der Waals surface area contributed by atoms with Crippen molar-refractivity contribution in [3.05, 3.63) is 34.3 Å². The van der Waals surface area contributed by atoms with Gasteiger partial charge in [-0.25, -0.2) is 4.79 Å². The number of oxazole rings is 1. The van der Waals surface area contributed by atoms with Crippen LogP contribution in [0.2, 0.25) is 0 Å². The fourth-order valence-corrected chi connectivity index (χ4v) is 2.13. The summed E-state index contributed by atoms with van der Waals surface area (Å²) >= 11 is 0. The van der Waals surface area contributed by atoms with Crippen LogP contribution >= 0.6 is 0 Å². The molecule has 0 aliphatic carbocycles. The summed E-state index contributed by atoms with van der Waals surface area (Å²) < 4.78 is 6.48. The van der Waals surface area contributed by atoms with E-state index in [1.165, 1.54) is 4.57 Å². The van der Waals surface area contributed by atoms with Crippen molar-refractivity contribution in [2.24, 2.45) is 12.0 Å². The first kappa shape index (κ1) is 11.7. The van der Waals surface area contributed by atoms with Crippen LogP contribution in [0.5, 0.6) is 0 Å². The van der Waals surface area contributed by atoms with Crippen LogP contribution in [-0.2, 0) is 7.05 Å². The van der Waals surface area contributed by atoms with Crippen LogP contribution in [0.15, 0.2) is 32.4 Å². The fraction of sp³-hybridized carbons (Fsp3) is 0.308. The number of ketones is 1. The van der Waals surface area contributed by atoms with Crippen LogP contribution in [0.25, 0.3) is 11.1 Å². The molecule has 0 unspecified atom stereocenters. The highest BCUT2D eigenvalue weighted by molar-refractivity contribution is 6.10. The predicted molar refractivity (Wildman–Crippen MR) is 70.7 cm³/mol. The van der Waals surface area contributed by atoms with Gasteiger partial charge in [-0.15, -0.1) is 0 Å². The minimum absolute atomic E-state index is 0.0402. The molecule has 6 heteroatoms. The number of carbonyl (C=O) groups excluding carboxylic acids is 1. The van der Waals surface area contributed by atoms with Crippen molar-refractivity contribution < 1.29 is 9.21 Å². The highest BCUT2D eigenvalue weighted by atomic mass is 16.4. The Morgan fingerprint density at radius 1 is 1.53 bits per heavy atom. The zero-order valence-corrected chi connectivity index (χ0v) is 10.5. The number of fused-ring (bicyclic) bond motifs is 1. The van der Waals surface area contributed by atoms with Crippen LogP contribution in [-0.4, -0.2) is 29.3 Å². The Kier molecular flexibility index (Phi) is 2.70. The van der Waals surface area contributed by atoms with Crippen molar-refractivity contribution >= 4 is 22.7 Å². The quantitative estimate of drug-likeness (QED) is 0.823. The van der Waals surface area contributed by atoms with Crippen LogP contribution in [0.3, 0.4) is 0 Å². The van der Waals surface area contributed by atoms with Gasteiger partial charge >= 0.3 is 5.76 Å². The number of carbonyl (C=O) groups is 1. The standard InChI is InChI=1S/C13H13N3O3/c1-16-9-3-2-8(6-11(9)19-13(16)18)10(17)7-12-14-4-5-15-12/h2-3,6H,4-5,7H2,1H3,(H,14,15). The number of amidine groups is 1. The van der Waals surface area contributed by atoms with Crippen molar-refractivity contribution in [2.75, 3.05) is 13.1 Å². The van der Waals surface area contributed by atoms with E-state index in [2.05, 4.69) is 10.3 Å². The second-order valence-corrected chi connectivity index (χ2v) is 4.46. The van der Waals surface area contributed by atoms with Crippen molar-refractivity contribution in [1.29, 1.82) is 0 Å². The molecule has 1 aromatic carbocycles. The van der Waals surface area contributed by atoms with E-state index in [1.807, 2.05) is 0 Å². The second-order valence-electron chi connectivity index (χ2n) is 4.46. The van der Waals surface area contributed by atoms with Crippen LogP contribution in [0.4, 0.5) is 0 Å². The number of nitrogens with zero attached hydrogens (tertiary/aromatic N) is 2. The molecule has 1 aromatic heterocycles. The third kappa shape index (κ3) is 2.05. The summed E-state index contributed by atoms with van der Waals surface area (Å²) in [6, 6.07) is 5.03. The molecule has 0 bridgehead atoms.